The number of halogens is 2. The van der Waals surface area contributed by atoms with Gasteiger partial charge in [0, 0.05) is 33.4 Å². The molecular weight excluding hydrogens is 388 g/mol. The molecule has 0 atom stereocenters. The molecule has 0 spiro atoms. The molecule has 96 valence electrons. The van der Waals surface area contributed by atoms with Crippen LogP contribution in [-0.2, 0) is 0 Å². The predicted molar refractivity (Wildman–Crippen MR) is 88.8 cm³/mol. The van der Waals surface area contributed by atoms with Crippen molar-refractivity contribution in [3.05, 3.63) is 58.6 Å². The maximum atomic E-state index is 4.64. The largest absolute Gasteiger partial charge is 0.264 e. The Balaban J connectivity index is 0.00000133. The maximum Gasteiger partial charge on any atom is 0.125 e. The normalized spacial score (nSPS) is 9.95. The number of benzene rings is 1. The molecule has 0 amide bonds. The van der Waals surface area contributed by atoms with Crippen LogP contribution < -0.4 is 0 Å². The lowest BCUT2D eigenvalue weighted by molar-refractivity contribution is 1.31. The minimum absolute atomic E-state index is 0. The van der Waals surface area contributed by atoms with E-state index in [-0.39, 0.29) is 17.0 Å². The van der Waals surface area contributed by atoms with Crippen molar-refractivity contribution in [2.75, 3.05) is 0 Å². The summed E-state index contributed by atoms with van der Waals surface area (Å²) < 4.78 is 1.08. The van der Waals surface area contributed by atoms with Gasteiger partial charge in [0.2, 0.25) is 0 Å². The van der Waals surface area contributed by atoms with Gasteiger partial charge in [-0.2, -0.15) is 0 Å². The smallest absolute Gasteiger partial charge is 0.125 e. The van der Waals surface area contributed by atoms with Gasteiger partial charge in [0.25, 0.3) is 0 Å². The van der Waals surface area contributed by atoms with Crippen molar-refractivity contribution in [1.29, 1.82) is 0 Å². The van der Waals surface area contributed by atoms with Crippen molar-refractivity contribution in [3.8, 4) is 21.8 Å². The predicted octanol–water partition coefficient (Wildman–Crippen LogP) is 5.21. The zero-order valence-corrected chi connectivity index (χ0v) is 13.9. The molecule has 3 rings (SSSR count). The van der Waals surface area contributed by atoms with E-state index in [1.165, 1.54) is 0 Å². The Hall–Kier alpha value is -1.04. The van der Waals surface area contributed by atoms with Gasteiger partial charge in [-0.25, -0.2) is 4.98 Å². The highest BCUT2D eigenvalue weighted by Crippen LogP contribution is 2.28. The van der Waals surface area contributed by atoms with Crippen LogP contribution in [0.4, 0.5) is 0 Å². The monoisotopic (exact) mass is 396 g/mol. The molecule has 0 radical (unpaired) electrons. The Labute approximate surface area is 134 Å². The number of pyridine rings is 1. The van der Waals surface area contributed by atoms with Crippen molar-refractivity contribution in [2.45, 2.75) is 0 Å². The molecule has 2 aromatic heterocycles. The fourth-order valence-electron chi connectivity index (χ4n) is 1.65. The summed E-state index contributed by atoms with van der Waals surface area (Å²) >= 11 is 5.07. The molecule has 0 saturated heterocycles. The van der Waals surface area contributed by atoms with Crippen LogP contribution in [0, 0.1) is 0 Å². The Morgan fingerprint density at radius 3 is 2.47 bits per heavy atom. The van der Waals surface area contributed by atoms with Crippen LogP contribution in [0.15, 0.2) is 58.6 Å². The van der Waals surface area contributed by atoms with E-state index in [1.54, 1.807) is 17.5 Å². The van der Waals surface area contributed by atoms with Crippen LogP contribution in [0.5, 0.6) is 0 Å². The van der Waals surface area contributed by atoms with Crippen LogP contribution >= 0.6 is 44.2 Å². The van der Waals surface area contributed by atoms with Crippen molar-refractivity contribution < 1.29 is 0 Å². The average molecular weight is 398 g/mol. The molecule has 0 aliphatic heterocycles. The van der Waals surface area contributed by atoms with E-state index < -0.39 is 0 Å². The van der Waals surface area contributed by atoms with Crippen molar-refractivity contribution in [1.82, 2.24) is 9.97 Å². The lowest BCUT2D eigenvalue weighted by atomic mass is 10.2. The molecule has 0 unspecified atom stereocenters. The van der Waals surface area contributed by atoms with Gasteiger partial charge in [-0.15, -0.1) is 28.3 Å². The number of thiazole rings is 1. The number of rotatable bonds is 2. The maximum absolute atomic E-state index is 4.64. The van der Waals surface area contributed by atoms with E-state index in [0.717, 1.165) is 26.3 Å². The van der Waals surface area contributed by atoms with Crippen molar-refractivity contribution in [2.24, 2.45) is 0 Å². The lowest BCUT2D eigenvalue weighted by Crippen LogP contribution is -1.80. The molecule has 0 saturated carbocycles. The van der Waals surface area contributed by atoms with Crippen LogP contribution in [0.3, 0.4) is 0 Å². The fourth-order valence-corrected chi connectivity index (χ4v) is 2.73. The van der Waals surface area contributed by atoms with E-state index in [2.05, 4.69) is 43.4 Å². The highest BCUT2D eigenvalue weighted by molar-refractivity contribution is 9.10. The van der Waals surface area contributed by atoms with Gasteiger partial charge in [0.15, 0.2) is 0 Å². The third-order valence-corrected chi connectivity index (χ3v) is 3.97. The molecule has 5 heteroatoms. The van der Waals surface area contributed by atoms with Crippen molar-refractivity contribution in [3.63, 3.8) is 0 Å². The molecule has 2 heterocycles. The molecule has 0 aliphatic rings. The molecule has 0 fully saturated rings. The van der Waals surface area contributed by atoms with Gasteiger partial charge >= 0.3 is 0 Å². The molecule has 0 aliphatic carbocycles. The van der Waals surface area contributed by atoms with E-state index in [9.17, 15) is 0 Å². The summed E-state index contributed by atoms with van der Waals surface area (Å²) in [5, 5.41) is 3.08. The second-order valence-electron chi connectivity index (χ2n) is 3.79. The van der Waals surface area contributed by atoms with E-state index >= 15 is 0 Å². The number of hydrogen-bond acceptors (Lipinski definition) is 3. The van der Waals surface area contributed by atoms with Gasteiger partial charge in [-0.1, -0.05) is 28.1 Å². The highest BCUT2D eigenvalue weighted by atomic mass is 79.9. The van der Waals surface area contributed by atoms with Gasteiger partial charge in [0.05, 0.1) is 5.69 Å². The molecule has 19 heavy (non-hydrogen) atoms. The zero-order chi connectivity index (χ0) is 12.4. The zero-order valence-electron chi connectivity index (χ0n) is 9.79. The van der Waals surface area contributed by atoms with Gasteiger partial charge in [-0.05, 0) is 24.3 Å². The first-order valence-corrected chi connectivity index (χ1v) is 7.12. The summed E-state index contributed by atoms with van der Waals surface area (Å²) in [6.07, 6.45) is 3.61. The van der Waals surface area contributed by atoms with E-state index in [0.29, 0.717) is 0 Å². The molecular formula is C14H10Br2N2S. The minimum Gasteiger partial charge on any atom is -0.264 e. The lowest BCUT2D eigenvalue weighted by Gasteiger charge is -1.96. The standard InChI is InChI=1S/C14H9BrN2S.BrH/c15-12-5-3-10(4-6-12)13-9-18-14(17-13)11-2-1-7-16-8-11;/h1-9H;1H. The number of nitrogens with zero attached hydrogens (tertiary/aromatic N) is 2. The summed E-state index contributed by atoms with van der Waals surface area (Å²) in [5.41, 5.74) is 3.20. The number of hydrogen-bond donors (Lipinski definition) is 0. The van der Waals surface area contributed by atoms with E-state index in [1.807, 2.05) is 30.5 Å². The highest BCUT2D eigenvalue weighted by Gasteiger charge is 2.06. The molecule has 1 aromatic carbocycles. The first-order chi connectivity index (χ1) is 8.83. The Morgan fingerprint density at radius 1 is 1.00 bits per heavy atom. The van der Waals surface area contributed by atoms with Crippen LogP contribution in [0.2, 0.25) is 0 Å². The summed E-state index contributed by atoms with van der Waals surface area (Å²) in [7, 11) is 0. The third-order valence-electron chi connectivity index (χ3n) is 2.55. The van der Waals surface area contributed by atoms with Gasteiger partial charge < -0.3 is 0 Å². The molecule has 0 bridgehead atoms. The fraction of sp³-hybridized carbons (Fsp3) is 0. The van der Waals surface area contributed by atoms with E-state index in [4.69, 9.17) is 0 Å². The Bertz CT molecular complexity index is 651. The van der Waals surface area contributed by atoms with Crippen LogP contribution in [-0.4, -0.2) is 9.97 Å². The SMILES string of the molecule is Br.Brc1ccc(-c2csc(-c3cccnc3)n2)cc1. The summed E-state index contributed by atoms with van der Waals surface area (Å²) in [6.45, 7) is 0. The summed E-state index contributed by atoms with van der Waals surface area (Å²) in [4.78, 5) is 8.76. The van der Waals surface area contributed by atoms with Crippen LogP contribution in [0.1, 0.15) is 0 Å². The first-order valence-electron chi connectivity index (χ1n) is 5.45. The molecule has 0 N–H and O–H groups in total. The molecule has 3 aromatic rings. The summed E-state index contributed by atoms with van der Waals surface area (Å²) in [6, 6.07) is 12.1. The summed E-state index contributed by atoms with van der Waals surface area (Å²) in [5.74, 6) is 0. The van der Waals surface area contributed by atoms with Gasteiger partial charge in [-0.3, -0.25) is 4.98 Å². The Kier molecular flexibility index (Phi) is 4.85. The molecule has 2 nitrogen and oxygen atoms in total. The average Bonchev–Trinajstić information content (AvgIpc) is 2.90. The topological polar surface area (TPSA) is 25.8 Å². The first kappa shape index (κ1) is 14.4. The third kappa shape index (κ3) is 3.29. The second kappa shape index (κ2) is 6.41. The van der Waals surface area contributed by atoms with Crippen LogP contribution in [0.25, 0.3) is 21.8 Å². The second-order valence-corrected chi connectivity index (χ2v) is 5.56. The van der Waals surface area contributed by atoms with Crippen molar-refractivity contribution >= 4 is 44.2 Å². The minimum atomic E-state index is 0. The quantitative estimate of drug-likeness (QED) is 0.592. The Morgan fingerprint density at radius 2 is 1.79 bits per heavy atom. The number of aromatic nitrogens is 2. The van der Waals surface area contributed by atoms with Gasteiger partial charge in [0.1, 0.15) is 5.01 Å².